The zero-order chi connectivity index (χ0) is 10.6. The maximum Gasteiger partial charge on any atom is 0.276 e. The number of hydrogen-bond donors (Lipinski definition) is 1. The summed E-state index contributed by atoms with van der Waals surface area (Å²) in [5.41, 5.74) is 0.545. The van der Waals surface area contributed by atoms with E-state index in [0.29, 0.717) is 16.3 Å². The number of halogens is 1. The minimum atomic E-state index is -0.436. The number of nitro groups is 1. The molecule has 0 aliphatic heterocycles. The maximum atomic E-state index is 10.6. The van der Waals surface area contributed by atoms with E-state index in [1.165, 1.54) is 12.1 Å². The summed E-state index contributed by atoms with van der Waals surface area (Å²) in [6.07, 6.45) is 3.36. The Labute approximate surface area is 91.9 Å². The minimum Gasteiger partial charge on any atom is -0.258 e. The molecule has 14 heavy (non-hydrogen) atoms. The van der Waals surface area contributed by atoms with Crippen molar-refractivity contribution in [3.63, 3.8) is 0 Å². The van der Waals surface area contributed by atoms with Crippen LogP contribution in [-0.4, -0.2) is 10.7 Å². The molecular formula is C9H8ClNO2S. The highest BCUT2D eigenvalue weighted by Crippen LogP contribution is 2.23. The average molecular weight is 230 g/mol. The number of nitrogens with zero attached hydrogens (tertiary/aromatic N) is 1. The van der Waals surface area contributed by atoms with Crippen molar-refractivity contribution >= 4 is 36.0 Å². The lowest BCUT2D eigenvalue weighted by molar-refractivity contribution is -0.385. The van der Waals surface area contributed by atoms with Crippen LogP contribution in [0.1, 0.15) is 5.56 Å². The van der Waals surface area contributed by atoms with Crippen molar-refractivity contribution in [3.05, 3.63) is 45.0 Å². The summed E-state index contributed by atoms with van der Waals surface area (Å²) >= 11 is 9.70. The fourth-order valence-corrected chi connectivity index (χ4v) is 1.29. The summed E-state index contributed by atoms with van der Waals surface area (Å²) in [7, 11) is 0. The Morgan fingerprint density at radius 1 is 1.57 bits per heavy atom. The second-order valence-corrected chi connectivity index (χ2v) is 3.35. The van der Waals surface area contributed by atoms with Gasteiger partial charge in [-0.1, -0.05) is 23.8 Å². The van der Waals surface area contributed by atoms with Crippen molar-refractivity contribution in [2.75, 3.05) is 5.75 Å². The zero-order valence-electron chi connectivity index (χ0n) is 7.18. The first-order chi connectivity index (χ1) is 6.65. The molecule has 0 saturated carbocycles. The average Bonchev–Trinajstić information content (AvgIpc) is 2.14. The number of thiol groups is 1. The first-order valence-corrected chi connectivity index (χ1v) is 4.87. The van der Waals surface area contributed by atoms with E-state index in [4.69, 9.17) is 11.6 Å². The van der Waals surface area contributed by atoms with E-state index in [1.54, 1.807) is 18.2 Å². The van der Waals surface area contributed by atoms with Crippen molar-refractivity contribution in [2.24, 2.45) is 0 Å². The number of rotatable bonds is 3. The molecule has 0 radical (unpaired) electrons. The maximum absolute atomic E-state index is 10.6. The van der Waals surface area contributed by atoms with Crippen LogP contribution in [0, 0.1) is 10.1 Å². The Morgan fingerprint density at radius 2 is 2.29 bits per heavy atom. The van der Waals surface area contributed by atoms with Gasteiger partial charge in [-0.25, -0.2) is 0 Å². The van der Waals surface area contributed by atoms with E-state index < -0.39 is 4.92 Å². The van der Waals surface area contributed by atoms with Gasteiger partial charge in [-0.3, -0.25) is 10.1 Å². The van der Waals surface area contributed by atoms with Crippen LogP contribution in [-0.2, 0) is 0 Å². The molecule has 0 unspecified atom stereocenters. The smallest absolute Gasteiger partial charge is 0.258 e. The van der Waals surface area contributed by atoms with E-state index in [9.17, 15) is 10.1 Å². The second-order valence-electron chi connectivity index (χ2n) is 2.55. The summed E-state index contributed by atoms with van der Waals surface area (Å²) in [6.45, 7) is 0. The molecule has 0 spiro atoms. The third kappa shape index (κ3) is 2.75. The topological polar surface area (TPSA) is 43.1 Å². The molecule has 1 aromatic carbocycles. The highest BCUT2D eigenvalue weighted by molar-refractivity contribution is 7.80. The van der Waals surface area contributed by atoms with E-state index in [-0.39, 0.29) is 5.69 Å². The molecule has 0 aromatic heterocycles. The van der Waals surface area contributed by atoms with Crippen LogP contribution in [0.3, 0.4) is 0 Å². The lowest BCUT2D eigenvalue weighted by Gasteiger charge is -1.97. The van der Waals surface area contributed by atoms with Gasteiger partial charge in [0.2, 0.25) is 0 Å². The summed E-state index contributed by atoms with van der Waals surface area (Å²) in [5.74, 6) is 0.531. The Balaban J connectivity index is 3.15. The first-order valence-electron chi connectivity index (χ1n) is 3.86. The fraction of sp³-hybridized carbons (Fsp3) is 0.111. The van der Waals surface area contributed by atoms with Crippen LogP contribution >= 0.6 is 24.2 Å². The molecule has 0 atom stereocenters. The summed E-state index contributed by atoms with van der Waals surface area (Å²) in [5, 5.41) is 11.1. The monoisotopic (exact) mass is 229 g/mol. The van der Waals surface area contributed by atoms with E-state index in [0.717, 1.165) is 0 Å². The first kappa shape index (κ1) is 11.1. The standard InChI is InChI=1S/C9H8ClNO2S/c10-8-3-4-9(11(12)13)7(6-8)2-1-5-14/h1-4,6,14H,5H2. The quantitative estimate of drug-likeness (QED) is 0.491. The van der Waals surface area contributed by atoms with Crippen LogP contribution in [0.2, 0.25) is 5.02 Å². The fourth-order valence-electron chi connectivity index (χ4n) is 1.00. The lowest BCUT2D eigenvalue weighted by atomic mass is 10.1. The SMILES string of the molecule is O=[N+]([O-])c1ccc(Cl)cc1C=CCS. The molecule has 0 bridgehead atoms. The Bertz CT molecular complexity index is 379. The van der Waals surface area contributed by atoms with Crippen molar-refractivity contribution in [1.29, 1.82) is 0 Å². The van der Waals surface area contributed by atoms with Crippen LogP contribution in [0.5, 0.6) is 0 Å². The molecule has 0 saturated heterocycles. The lowest BCUT2D eigenvalue weighted by Crippen LogP contribution is -1.90. The van der Waals surface area contributed by atoms with Crippen molar-refractivity contribution in [2.45, 2.75) is 0 Å². The van der Waals surface area contributed by atoms with E-state index in [2.05, 4.69) is 12.6 Å². The van der Waals surface area contributed by atoms with Crippen LogP contribution < -0.4 is 0 Å². The molecule has 74 valence electrons. The van der Waals surface area contributed by atoms with Gasteiger partial charge in [0.1, 0.15) is 0 Å². The molecule has 5 heteroatoms. The highest BCUT2D eigenvalue weighted by Gasteiger charge is 2.10. The van der Waals surface area contributed by atoms with Gasteiger partial charge in [0.05, 0.1) is 10.5 Å². The molecule has 0 heterocycles. The molecule has 0 aliphatic carbocycles. The largest absolute Gasteiger partial charge is 0.276 e. The molecule has 0 N–H and O–H groups in total. The van der Waals surface area contributed by atoms with Crippen molar-refractivity contribution in [3.8, 4) is 0 Å². The highest BCUT2D eigenvalue weighted by atomic mass is 35.5. The Morgan fingerprint density at radius 3 is 2.86 bits per heavy atom. The van der Waals surface area contributed by atoms with Crippen LogP contribution in [0.4, 0.5) is 5.69 Å². The van der Waals surface area contributed by atoms with Crippen LogP contribution in [0.25, 0.3) is 6.08 Å². The predicted molar refractivity (Wildman–Crippen MR) is 61.0 cm³/mol. The number of nitro benzene ring substituents is 1. The van der Waals surface area contributed by atoms with E-state index >= 15 is 0 Å². The molecule has 1 aromatic rings. The number of benzene rings is 1. The predicted octanol–water partition coefficient (Wildman–Crippen LogP) is 3.19. The molecule has 3 nitrogen and oxygen atoms in total. The molecule has 0 amide bonds. The molecular weight excluding hydrogens is 222 g/mol. The van der Waals surface area contributed by atoms with Gasteiger partial charge < -0.3 is 0 Å². The second kappa shape index (κ2) is 5.02. The summed E-state index contributed by atoms with van der Waals surface area (Å²) < 4.78 is 0. The normalized spacial score (nSPS) is 10.7. The van der Waals surface area contributed by atoms with Gasteiger partial charge >= 0.3 is 0 Å². The third-order valence-corrected chi connectivity index (χ3v) is 2.04. The zero-order valence-corrected chi connectivity index (χ0v) is 8.83. The summed E-state index contributed by atoms with van der Waals surface area (Å²) in [6, 6.07) is 4.44. The molecule has 0 fully saturated rings. The Kier molecular flexibility index (Phi) is 3.98. The molecule has 1 rings (SSSR count). The molecule has 0 aliphatic rings. The van der Waals surface area contributed by atoms with Gasteiger partial charge in [0.25, 0.3) is 5.69 Å². The van der Waals surface area contributed by atoms with Gasteiger partial charge in [0, 0.05) is 16.8 Å². The third-order valence-electron chi connectivity index (χ3n) is 1.59. The number of hydrogen-bond acceptors (Lipinski definition) is 3. The van der Waals surface area contributed by atoms with Crippen molar-refractivity contribution < 1.29 is 4.92 Å². The minimum absolute atomic E-state index is 0.0485. The van der Waals surface area contributed by atoms with Crippen molar-refractivity contribution in [1.82, 2.24) is 0 Å². The van der Waals surface area contributed by atoms with Gasteiger partial charge in [0.15, 0.2) is 0 Å². The van der Waals surface area contributed by atoms with Gasteiger partial charge in [-0.2, -0.15) is 12.6 Å². The van der Waals surface area contributed by atoms with Gasteiger partial charge in [-0.15, -0.1) is 0 Å². The Hall–Kier alpha value is -1.00. The van der Waals surface area contributed by atoms with Crippen LogP contribution in [0.15, 0.2) is 24.3 Å². The van der Waals surface area contributed by atoms with Gasteiger partial charge in [-0.05, 0) is 12.1 Å². The van der Waals surface area contributed by atoms with E-state index in [1.807, 2.05) is 0 Å². The summed E-state index contributed by atoms with van der Waals surface area (Å²) in [4.78, 5) is 10.2.